The van der Waals surface area contributed by atoms with Gasteiger partial charge in [-0.05, 0) is 17.7 Å². The van der Waals surface area contributed by atoms with Crippen molar-refractivity contribution in [3.63, 3.8) is 0 Å². The number of nitrogens with one attached hydrogen (secondary N) is 2. The van der Waals surface area contributed by atoms with Crippen LogP contribution in [-0.4, -0.2) is 77.4 Å². The summed E-state index contributed by atoms with van der Waals surface area (Å²) in [6.07, 6.45) is 0. The summed E-state index contributed by atoms with van der Waals surface area (Å²) in [6, 6.07) is 9.91. The van der Waals surface area contributed by atoms with Gasteiger partial charge in [0.2, 0.25) is 10.0 Å². The highest BCUT2D eigenvalue weighted by molar-refractivity contribution is 7.89. The van der Waals surface area contributed by atoms with Crippen LogP contribution in [0.1, 0.15) is 11.1 Å². The molecule has 180 valence electrons. The van der Waals surface area contributed by atoms with Gasteiger partial charge in [0.05, 0.1) is 43.9 Å². The van der Waals surface area contributed by atoms with Crippen LogP contribution in [0.25, 0.3) is 11.1 Å². The third kappa shape index (κ3) is 5.80. The standard InChI is InChI=1S/C17H15N5O3S2.C5H11NO/c18-9-13-15(14(10-19)17(26)21-16(13)20)11-1-3-12(4-2-11)27(23,24)22-5-7-25-8-6-22;1-6-2-4-7-5-3-6/h1-4H,5-8H2,(H3,20,21,26);2-5H2,1H3/p+1. The fraction of sp³-hybridized carbons (Fsp3) is 0.409. The number of quaternary nitrogens is 1. The lowest BCUT2D eigenvalue weighted by atomic mass is 9.97. The zero-order valence-corrected chi connectivity index (χ0v) is 20.5. The van der Waals surface area contributed by atoms with E-state index in [-0.39, 0.29) is 32.0 Å². The number of nitrogens with zero attached hydrogens (tertiary/aromatic N) is 3. The van der Waals surface area contributed by atoms with Gasteiger partial charge in [0.15, 0.2) is 0 Å². The summed E-state index contributed by atoms with van der Waals surface area (Å²) in [7, 11) is -1.44. The Morgan fingerprint density at radius 2 is 1.59 bits per heavy atom. The minimum Gasteiger partial charge on any atom is -0.384 e. The van der Waals surface area contributed by atoms with Gasteiger partial charge >= 0.3 is 0 Å². The first kappa shape index (κ1) is 25.8. The van der Waals surface area contributed by atoms with E-state index >= 15 is 0 Å². The molecule has 4 N–H and O–H groups in total. The number of aromatic nitrogens is 1. The second kappa shape index (κ2) is 11.5. The molecule has 10 nitrogen and oxygen atoms in total. The fourth-order valence-corrected chi connectivity index (χ4v) is 5.25. The molecule has 1 aromatic carbocycles. The van der Waals surface area contributed by atoms with E-state index in [4.69, 9.17) is 27.4 Å². The van der Waals surface area contributed by atoms with Crippen LogP contribution in [0.15, 0.2) is 29.2 Å². The van der Waals surface area contributed by atoms with Crippen molar-refractivity contribution in [3.05, 3.63) is 40.0 Å². The van der Waals surface area contributed by atoms with E-state index in [0.717, 1.165) is 13.2 Å². The third-order valence-electron chi connectivity index (χ3n) is 5.57. The molecule has 1 aromatic heterocycles. The molecule has 0 atom stereocenters. The predicted octanol–water partition coefficient (Wildman–Crippen LogP) is 0.289. The largest absolute Gasteiger partial charge is 0.384 e. The Hall–Kier alpha value is -2.84. The Labute approximate surface area is 204 Å². The molecule has 3 heterocycles. The number of ether oxygens (including phenoxy) is 2. The number of rotatable bonds is 3. The van der Waals surface area contributed by atoms with Crippen LogP contribution in [0.3, 0.4) is 0 Å². The lowest BCUT2D eigenvalue weighted by Gasteiger charge is -2.26. The number of morpholine rings is 2. The molecule has 2 aliphatic rings. The second-order valence-corrected chi connectivity index (χ2v) is 10.2. The fourth-order valence-electron chi connectivity index (χ4n) is 3.58. The van der Waals surface area contributed by atoms with Crippen molar-refractivity contribution in [1.29, 1.82) is 10.5 Å². The number of hydrogen-bond donors (Lipinski definition) is 3. The molecular weight excluding hydrogens is 476 g/mol. The molecular formula is C22H27N6O4S2+. The van der Waals surface area contributed by atoms with E-state index < -0.39 is 10.0 Å². The molecule has 34 heavy (non-hydrogen) atoms. The molecule has 0 amide bonds. The summed E-state index contributed by atoms with van der Waals surface area (Å²) in [6.45, 7) is 5.57. The number of anilines is 1. The summed E-state index contributed by atoms with van der Waals surface area (Å²) < 4.78 is 37.2. The van der Waals surface area contributed by atoms with E-state index in [2.05, 4.69) is 12.0 Å². The molecule has 4 rings (SSSR count). The number of nitrogen functional groups attached to an aromatic ring is 1. The average Bonchev–Trinajstić information content (AvgIpc) is 2.85. The van der Waals surface area contributed by atoms with Crippen molar-refractivity contribution in [3.8, 4) is 23.3 Å². The summed E-state index contributed by atoms with van der Waals surface area (Å²) in [4.78, 5) is 4.34. The minimum absolute atomic E-state index is 0.0570. The van der Waals surface area contributed by atoms with Gasteiger partial charge in [-0.3, -0.25) is 0 Å². The van der Waals surface area contributed by atoms with Crippen LogP contribution in [0, 0.1) is 27.3 Å². The number of aromatic amines is 1. The zero-order valence-electron chi connectivity index (χ0n) is 18.8. The molecule has 12 heteroatoms. The smallest absolute Gasteiger partial charge is 0.243 e. The molecule has 0 unspecified atom stereocenters. The number of benzene rings is 1. The number of hydrogen-bond acceptors (Lipinski definition) is 8. The molecule has 2 aliphatic heterocycles. The van der Waals surface area contributed by atoms with Crippen molar-refractivity contribution >= 4 is 28.1 Å². The second-order valence-electron chi connectivity index (χ2n) is 7.83. The summed E-state index contributed by atoms with van der Waals surface area (Å²) in [5.41, 5.74) is 6.79. The highest BCUT2D eigenvalue weighted by Gasteiger charge is 2.26. The lowest BCUT2D eigenvalue weighted by molar-refractivity contribution is -0.888. The molecule has 0 radical (unpaired) electrons. The van der Waals surface area contributed by atoms with Crippen molar-refractivity contribution in [2.75, 3.05) is 65.4 Å². The Kier molecular flexibility index (Phi) is 8.74. The van der Waals surface area contributed by atoms with Gasteiger partial charge in [-0.15, -0.1) is 0 Å². The minimum atomic E-state index is -3.64. The lowest BCUT2D eigenvalue weighted by Crippen LogP contribution is -3.11. The topological polar surface area (TPSA) is 150 Å². The Morgan fingerprint density at radius 1 is 1.03 bits per heavy atom. The van der Waals surface area contributed by atoms with Crippen molar-refractivity contribution in [2.45, 2.75) is 4.90 Å². The van der Waals surface area contributed by atoms with Gasteiger partial charge < -0.3 is 25.1 Å². The summed E-state index contributed by atoms with van der Waals surface area (Å²) in [5, 5.41) is 18.8. The quantitative estimate of drug-likeness (QED) is 0.506. The van der Waals surface area contributed by atoms with Gasteiger partial charge in [-0.2, -0.15) is 14.8 Å². The average molecular weight is 504 g/mol. The van der Waals surface area contributed by atoms with E-state index in [9.17, 15) is 18.9 Å². The van der Waals surface area contributed by atoms with Gasteiger partial charge in [0.1, 0.15) is 41.2 Å². The number of likely N-dealkylation sites (N-methyl/N-ethyl adjacent to an activating group) is 1. The highest BCUT2D eigenvalue weighted by Crippen LogP contribution is 2.31. The van der Waals surface area contributed by atoms with Crippen LogP contribution in [-0.2, 0) is 19.5 Å². The Bertz CT molecular complexity index is 1250. The SMILES string of the molecule is C[NH+]1CCOCC1.N#Cc1c(N)[nH]c(=S)c(C#N)c1-c1ccc(S(=O)(=O)N2CCOCC2)cc1. The van der Waals surface area contributed by atoms with Crippen LogP contribution in [0.5, 0.6) is 0 Å². The molecule has 0 spiro atoms. The van der Waals surface area contributed by atoms with Gasteiger partial charge in [-0.1, -0.05) is 24.4 Å². The van der Waals surface area contributed by atoms with Crippen molar-refractivity contribution in [1.82, 2.24) is 9.29 Å². The number of pyridine rings is 1. The van der Waals surface area contributed by atoms with Crippen LogP contribution in [0.4, 0.5) is 5.82 Å². The van der Waals surface area contributed by atoms with Crippen molar-refractivity contribution in [2.24, 2.45) is 0 Å². The molecule has 2 fully saturated rings. The summed E-state index contributed by atoms with van der Waals surface area (Å²) >= 11 is 5.12. The van der Waals surface area contributed by atoms with Crippen LogP contribution < -0.4 is 10.6 Å². The molecule has 0 saturated carbocycles. The van der Waals surface area contributed by atoms with Crippen molar-refractivity contribution < 1.29 is 22.8 Å². The number of nitrogens with two attached hydrogens (primary N) is 1. The molecule has 2 aromatic rings. The van der Waals surface area contributed by atoms with Crippen LogP contribution in [0.2, 0.25) is 0 Å². The first-order valence-electron chi connectivity index (χ1n) is 10.7. The Balaban J connectivity index is 0.000000396. The number of sulfonamides is 1. The van der Waals surface area contributed by atoms with E-state index in [0.29, 0.717) is 31.9 Å². The maximum Gasteiger partial charge on any atom is 0.243 e. The van der Waals surface area contributed by atoms with Gasteiger partial charge in [0, 0.05) is 18.7 Å². The van der Waals surface area contributed by atoms with E-state index in [1.807, 2.05) is 12.1 Å². The molecule has 0 bridgehead atoms. The van der Waals surface area contributed by atoms with Crippen LogP contribution >= 0.6 is 12.2 Å². The Morgan fingerprint density at radius 3 is 2.09 bits per heavy atom. The van der Waals surface area contributed by atoms with Gasteiger partial charge in [-0.25, -0.2) is 8.42 Å². The maximum absolute atomic E-state index is 12.7. The number of nitriles is 2. The summed E-state index contributed by atoms with van der Waals surface area (Å²) in [5.74, 6) is 0.0570. The zero-order chi connectivity index (χ0) is 24.7. The third-order valence-corrected chi connectivity index (χ3v) is 7.78. The predicted molar refractivity (Wildman–Crippen MR) is 128 cm³/mol. The molecule has 2 saturated heterocycles. The maximum atomic E-state index is 12.7. The monoisotopic (exact) mass is 503 g/mol. The normalized spacial score (nSPS) is 17.1. The highest BCUT2D eigenvalue weighted by atomic mass is 32.2. The first-order valence-corrected chi connectivity index (χ1v) is 12.6. The first-order chi connectivity index (χ1) is 16.3. The van der Waals surface area contributed by atoms with E-state index in [1.165, 1.54) is 29.5 Å². The molecule has 0 aliphatic carbocycles. The number of H-pyrrole nitrogens is 1. The van der Waals surface area contributed by atoms with Gasteiger partial charge in [0.25, 0.3) is 0 Å². The van der Waals surface area contributed by atoms with E-state index in [1.54, 1.807) is 17.0 Å².